The maximum atomic E-state index is 12.6. The van der Waals surface area contributed by atoms with Gasteiger partial charge < -0.3 is 20.5 Å². The number of benzene rings is 3. The van der Waals surface area contributed by atoms with E-state index in [0.29, 0.717) is 22.8 Å². The molecule has 1 fully saturated rings. The van der Waals surface area contributed by atoms with Gasteiger partial charge in [-0.15, -0.1) is 0 Å². The van der Waals surface area contributed by atoms with Gasteiger partial charge >= 0.3 is 11.9 Å². The molecule has 0 aliphatic carbocycles. The van der Waals surface area contributed by atoms with Gasteiger partial charge in [-0.05, 0) is 59.7 Å². The van der Waals surface area contributed by atoms with Crippen molar-refractivity contribution in [2.24, 2.45) is 5.73 Å². The minimum atomic E-state index is -1.54. The van der Waals surface area contributed by atoms with Crippen molar-refractivity contribution in [3.8, 4) is 5.75 Å². The van der Waals surface area contributed by atoms with Gasteiger partial charge in [0.1, 0.15) is 17.7 Å². The molecule has 9 heteroatoms. The number of carbonyl (C=O) groups is 2. The van der Waals surface area contributed by atoms with Crippen LogP contribution in [0, 0.1) is 10.8 Å². The molecule has 4 rings (SSSR count). The van der Waals surface area contributed by atoms with Crippen LogP contribution in [0.4, 0.5) is 5.69 Å². The van der Waals surface area contributed by atoms with Gasteiger partial charge in [0.05, 0.1) is 12.4 Å². The van der Waals surface area contributed by atoms with Crippen LogP contribution < -0.4 is 15.4 Å². The lowest BCUT2D eigenvalue weighted by atomic mass is 10.0. The Hall–Kier alpha value is -4.40. The molecular weight excluding hydrogens is 458 g/mol. The Morgan fingerprint density at radius 2 is 1.69 bits per heavy atom. The van der Waals surface area contributed by atoms with E-state index in [4.69, 9.17) is 21.3 Å². The second kappa shape index (κ2) is 10.5. The number of hydrogen-bond donors (Lipinski definition) is 4. The molecule has 186 valence electrons. The zero-order valence-corrected chi connectivity index (χ0v) is 20.0. The third-order valence-corrected chi connectivity index (χ3v) is 6.35. The van der Waals surface area contributed by atoms with Crippen LogP contribution in [0.1, 0.15) is 30.9 Å². The second-order valence-electron chi connectivity index (χ2n) is 8.89. The number of aliphatic carboxylic acids is 1. The quantitative estimate of drug-likeness (QED) is 0.238. The predicted octanol–water partition coefficient (Wildman–Crippen LogP) is 3.58. The van der Waals surface area contributed by atoms with E-state index < -0.39 is 11.9 Å². The summed E-state index contributed by atoms with van der Waals surface area (Å²) < 4.78 is 6.08. The molecule has 0 radical (unpaired) electrons. The fraction of sp³-hybridized carbons (Fsp3) is 0.259. The van der Waals surface area contributed by atoms with Crippen molar-refractivity contribution < 1.29 is 19.4 Å². The van der Waals surface area contributed by atoms with E-state index in [1.165, 1.54) is 4.90 Å². The summed E-state index contributed by atoms with van der Waals surface area (Å²) in [5, 5.41) is 26.6. The van der Waals surface area contributed by atoms with Gasteiger partial charge in [-0.2, -0.15) is 0 Å². The van der Waals surface area contributed by atoms with E-state index in [-0.39, 0.29) is 18.5 Å². The summed E-state index contributed by atoms with van der Waals surface area (Å²) in [7, 11) is 0. The fourth-order valence-corrected chi connectivity index (χ4v) is 4.35. The number of nitrogens with two attached hydrogens (primary N) is 1. The van der Waals surface area contributed by atoms with E-state index in [9.17, 15) is 14.7 Å². The monoisotopic (exact) mass is 487 g/mol. The molecule has 1 saturated heterocycles. The molecule has 1 amide bonds. The first-order valence-electron chi connectivity index (χ1n) is 11.7. The van der Waals surface area contributed by atoms with Crippen LogP contribution in [0.3, 0.4) is 0 Å². The molecule has 0 atom stereocenters. The van der Waals surface area contributed by atoms with Gasteiger partial charge in [0, 0.05) is 37.2 Å². The molecule has 3 aromatic carbocycles. The molecule has 0 spiro atoms. The van der Waals surface area contributed by atoms with Gasteiger partial charge in [-0.1, -0.05) is 24.3 Å². The molecule has 1 aliphatic rings. The minimum Gasteiger partial charge on any atom is -0.490 e. The van der Waals surface area contributed by atoms with E-state index in [1.807, 2.05) is 29.2 Å². The fourth-order valence-electron chi connectivity index (χ4n) is 4.35. The first-order valence-corrected chi connectivity index (χ1v) is 11.7. The van der Waals surface area contributed by atoms with Crippen molar-refractivity contribution in [3.05, 3.63) is 71.8 Å². The predicted molar refractivity (Wildman–Crippen MR) is 139 cm³/mol. The Bertz CT molecular complexity index is 1310. The molecular formula is C27H29N5O4. The summed E-state index contributed by atoms with van der Waals surface area (Å²) in [4.78, 5) is 27.4. The molecule has 5 N–H and O–H groups in total. The summed E-state index contributed by atoms with van der Waals surface area (Å²) >= 11 is 0. The van der Waals surface area contributed by atoms with Gasteiger partial charge in [0.25, 0.3) is 0 Å². The van der Waals surface area contributed by atoms with Crippen LogP contribution in [0.2, 0.25) is 0 Å². The number of nitrogens with one attached hydrogen (secondary N) is 2. The third kappa shape index (κ3) is 5.63. The van der Waals surface area contributed by atoms with Crippen molar-refractivity contribution >= 4 is 40.0 Å². The van der Waals surface area contributed by atoms with E-state index in [1.54, 1.807) is 43.3 Å². The first-order chi connectivity index (χ1) is 17.2. The highest BCUT2D eigenvalue weighted by molar-refractivity contribution is 6.37. The Labute approximate surface area is 209 Å². The molecule has 0 saturated carbocycles. The number of carbonyl (C=O) groups excluding carboxylic acids is 1. The van der Waals surface area contributed by atoms with Crippen LogP contribution in [-0.2, 0) is 16.1 Å². The number of fused-ring (bicyclic) bond motifs is 1. The Morgan fingerprint density at radius 3 is 2.31 bits per heavy atom. The van der Waals surface area contributed by atoms with Crippen molar-refractivity contribution in [1.29, 1.82) is 10.8 Å². The average molecular weight is 488 g/mol. The third-order valence-electron chi connectivity index (χ3n) is 6.35. The average Bonchev–Trinajstić information content (AvgIpc) is 2.87. The zero-order chi connectivity index (χ0) is 25.8. The summed E-state index contributed by atoms with van der Waals surface area (Å²) in [5.41, 5.74) is 7.38. The highest BCUT2D eigenvalue weighted by Crippen LogP contribution is 2.26. The molecule has 0 unspecified atom stereocenters. The van der Waals surface area contributed by atoms with Gasteiger partial charge in [-0.3, -0.25) is 20.5 Å². The van der Waals surface area contributed by atoms with Gasteiger partial charge in [0.15, 0.2) is 0 Å². The minimum absolute atomic E-state index is 0.0392. The SMILES string of the molecule is CC(=N)N1CCC(Oc2ccc(N(Cc3ccc4ccc(C(=N)N)cc4c3)C(=O)C(=O)O)cc2)CC1. The van der Waals surface area contributed by atoms with Crippen molar-refractivity contribution in [3.63, 3.8) is 0 Å². The molecule has 36 heavy (non-hydrogen) atoms. The van der Waals surface area contributed by atoms with Crippen molar-refractivity contribution in [2.75, 3.05) is 18.0 Å². The van der Waals surface area contributed by atoms with Crippen LogP contribution in [-0.4, -0.2) is 52.7 Å². The Morgan fingerprint density at radius 1 is 1.03 bits per heavy atom. The van der Waals surface area contributed by atoms with E-state index in [2.05, 4.69) is 0 Å². The van der Waals surface area contributed by atoms with E-state index >= 15 is 0 Å². The smallest absolute Gasteiger partial charge is 0.394 e. The van der Waals surface area contributed by atoms with E-state index in [0.717, 1.165) is 42.3 Å². The number of amides is 1. The highest BCUT2D eigenvalue weighted by Gasteiger charge is 2.24. The Balaban J connectivity index is 1.51. The van der Waals surface area contributed by atoms with Crippen LogP contribution >= 0.6 is 0 Å². The topological polar surface area (TPSA) is 144 Å². The number of piperidine rings is 1. The number of ether oxygens (including phenoxy) is 1. The van der Waals surface area contributed by atoms with Crippen LogP contribution in [0.5, 0.6) is 5.75 Å². The molecule has 1 heterocycles. The number of carboxylic acids is 1. The number of likely N-dealkylation sites (tertiary alicyclic amines) is 1. The molecule has 1 aliphatic heterocycles. The lowest BCUT2D eigenvalue weighted by Gasteiger charge is -2.32. The number of anilines is 1. The highest BCUT2D eigenvalue weighted by atomic mass is 16.5. The Kier molecular flexibility index (Phi) is 7.19. The maximum absolute atomic E-state index is 12.6. The van der Waals surface area contributed by atoms with Crippen LogP contribution in [0.15, 0.2) is 60.7 Å². The normalized spacial score (nSPS) is 13.9. The standard InChI is InChI=1S/C27H29N5O4/c1-17(28)31-12-10-24(11-13-31)36-23-8-6-22(7-9-23)32(26(33)27(34)35)16-18-2-3-19-4-5-20(25(29)30)15-21(19)14-18/h2-9,14-15,24,28H,10-13,16H2,1H3,(H3,29,30)(H,34,35). The van der Waals surface area contributed by atoms with Gasteiger partial charge in [-0.25, -0.2) is 4.79 Å². The summed E-state index contributed by atoms with van der Waals surface area (Å²) in [6.45, 7) is 3.40. The number of carboxylic acid groups (broad SMARTS) is 1. The number of rotatable bonds is 6. The molecule has 0 aromatic heterocycles. The second-order valence-corrected chi connectivity index (χ2v) is 8.89. The largest absolute Gasteiger partial charge is 0.490 e. The number of nitrogens with zero attached hydrogens (tertiary/aromatic N) is 2. The molecule has 3 aromatic rings. The summed E-state index contributed by atoms with van der Waals surface area (Å²) in [6, 6.07) is 17.9. The molecule has 9 nitrogen and oxygen atoms in total. The first kappa shape index (κ1) is 24.7. The number of hydrogen-bond acceptors (Lipinski definition) is 5. The van der Waals surface area contributed by atoms with Crippen molar-refractivity contribution in [1.82, 2.24) is 4.90 Å². The van der Waals surface area contributed by atoms with Gasteiger partial charge in [0.2, 0.25) is 0 Å². The summed E-state index contributed by atoms with van der Waals surface area (Å²) in [5.74, 6) is -1.40. The number of amidine groups is 2. The number of nitrogen functional groups attached to an aromatic ring is 1. The maximum Gasteiger partial charge on any atom is 0.394 e. The lowest BCUT2D eigenvalue weighted by molar-refractivity contribution is -0.148. The van der Waals surface area contributed by atoms with Crippen LogP contribution in [0.25, 0.3) is 10.8 Å². The summed E-state index contributed by atoms with van der Waals surface area (Å²) in [6.07, 6.45) is 1.67. The van der Waals surface area contributed by atoms with Crippen molar-refractivity contribution in [2.45, 2.75) is 32.4 Å². The molecule has 0 bridgehead atoms. The zero-order valence-electron chi connectivity index (χ0n) is 20.0. The lowest BCUT2D eigenvalue weighted by Crippen LogP contribution is -2.40.